The van der Waals surface area contributed by atoms with Gasteiger partial charge >= 0.3 is 21.7 Å². The summed E-state index contributed by atoms with van der Waals surface area (Å²) in [6.45, 7) is 13.3. The Bertz CT molecular complexity index is 668. The minimum absolute atomic E-state index is 0. The predicted octanol–water partition coefficient (Wildman–Crippen LogP) is 1.85. The molecule has 3 aliphatic carbocycles. The van der Waals surface area contributed by atoms with Gasteiger partial charge in [0.25, 0.3) is 0 Å². The second-order valence-corrected chi connectivity index (χ2v) is 14.4. The van der Waals surface area contributed by atoms with E-state index in [4.69, 9.17) is 0 Å². The average molecular weight is 485 g/mol. The number of allylic oxidation sites excluding steroid dienone is 8. The van der Waals surface area contributed by atoms with Crippen LogP contribution in [0.3, 0.4) is 0 Å². The number of halogens is 2. The summed E-state index contributed by atoms with van der Waals surface area (Å²) >= 11 is 0. The predicted molar refractivity (Wildman–Crippen MR) is 118 cm³/mol. The van der Waals surface area contributed by atoms with Crippen LogP contribution >= 0.6 is 0 Å². The van der Waals surface area contributed by atoms with E-state index in [2.05, 4.69) is 72.3 Å². The van der Waals surface area contributed by atoms with Crippen LogP contribution in [0.25, 0.3) is 0 Å². The summed E-state index contributed by atoms with van der Waals surface area (Å²) in [5, 5.41) is 0. The molecule has 2 unspecified atom stereocenters. The van der Waals surface area contributed by atoms with Crippen LogP contribution in [0.1, 0.15) is 67.2 Å². The van der Waals surface area contributed by atoms with Crippen LogP contribution in [0.15, 0.2) is 40.5 Å². The Balaban J connectivity index is 0.000000535. The van der Waals surface area contributed by atoms with E-state index in [-0.39, 0.29) is 51.9 Å². The van der Waals surface area contributed by atoms with Crippen molar-refractivity contribution in [1.29, 1.82) is 0 Å². The molecule has 2 atom stereocenters. The molecule has 0 bridgehead atoms. The van der Waals surface area contributed by atoms with E-state index < -0.39 is 8.07 Å². The molecular weight excluding hydrogens is 447 g/mol. The van der Waals surface area contributed by atoms with Crippen molar-refractivity contribution < 1.29 is 46.5 Å². The first-order valence-electron chi connectivity index (χ1n) is 10.8. The van der Waals surface area contributed by atoms with Gasteiger partial charge in [-0.2, -0.15) is 17.6 Å². The topological polar surface area (TPSA) is 0 Å². The zero-order valence-corrected chi connectivity index (χ0v) is 23.2. The molecule has 0 aromatic rings. The normalized spacial score (nSPS) is 27.7. The van der Waals surface area contributed by atoms with Crippen LogP contribution in [-0.4, -0.2) is 8.07 Å². The summed E-state index contributed by atoms with van der Waals surface area (Å²) in [4.78, 5) is 0. The van der Waals surface area contributed by atoms with Crippen LogP contribution in [0.4, 0.5) is 0 Å². The summed E-state index contributed by atoms with van der Waals surface area (Å²) in [6, 6.07) is 4.83. The van der Waals surface area contributed by atoms with Crippen molar-refractivity contribution in [1.82, 2.24) is 0 Å². The Morgan fingerprint density at radius 2 is 1.83 bits per heavy atom. The SMILES string of the molecule is CC1=[C-]C(C)(C)C(C)=C1C.CCC[Si]1(C2[CH-]CC3CC=CC=C32)CCC1.[Cl-].[Cl-].[Ti+4]. The Labute approximate surface area is 208 Å². The van der Waals surface area contributed by atoms with E-state index in [1.165, 1.54) is 42.4 Å². The molecule has 0 nitrogen and oxygen atoms in total. The fourth-order valence-electron chi connectivity index (χ4n) is 5.58. The standard InChI is InChI=1S/C15H23Si.C10H15.2ClH.Ti/c1-2-10-16(11-5-12-16)15-9-8-13-6-3-4-7-14(13)15;1-7-6-10(4,5)9(3)8(7)2;;;/h3-4,7,9,13,15H,2,5-6,8,10-12H2,1H3;1-5H3;2*1H;/q2*-1;;;+4/p-2. The molecule has 1 heterocycles. The molecule has 0 amide bonds. The van der Waals surface area contributed by atoms with Gasteiger partial charge in [-0.15, -0.1) is 12.5 Å². The number of hydrogen-bond acceptors (Lipinski definition) is 0. The summed E-state index contributed by atoms with van der Waals surface area (Å²) in [6.07, 6.45) is 18.9. The van der Waals surface area contributed by atoms with Crippen LogP contribution < -0.4 is 24.8 Å². The van der Waals surface area contributed by atoms with Gasteiger partial charge in [0.05, 0.1) is 0 Å². The minimum Gasteiger partial charge on any atom is -1.00 e. The van der Waals surface area contributed by atoms with Crippen molar-refractivity contribution >= 4 is 8.07 Å². The molecule has 29 heavy (non-hydrogen) atoms. The fourth-order valence-corrected chi connectivity index (χ4v) is 10.9. The van der Waals surface area contributed by atoms with Gasteiger partial charge in [0.2, 0.25) is 0 Å². The van der Waals surface area contributed by atoms with Crippen LogP contribution in [0, 0.1) is 23.8 Å². The van der Waals surface area contributed by atoms with Gasteiger partial charge in [0, 0.05) is 8.07 Å². The van der Waals surface area contributed by atoms with Crippen molar-refractivity contribution in [2.75, 3.05) is 0 Å². The monoisotopic (exact) mass is 484 g/mol. The maximum absolute atomic E-state index is 3.44. The summed E-state index contributed by atoms with van der Waals surface area (Å²) in [5.74, 6) is 0.900. The van der Waals surface area contributed by atoms with Gasteiger partial charge in [0.15, 0.2) is 0 Å². The van der Waals surface area contributed by atoms with E-state index in [9.17, 15) is 0 Å². The van der Waals surface area contributed by atoms with Crippen molar-refractivity contribution in [3.63, 3.8) is 0 Å². The van der Waals surface area contributed by atoms with Crippen LogP contribution in [0.2, 0.25) is 23.7 Å². The maximum atomic E-state index is 3.44. The quantitative estimate of drug-likeness (QED) is 0.423. The molecule has 4 rings (SSSR count). The summed E-state index contributed by atoms with van der Waals surface area (Å²) < 4.78 is 0. The van der Waals surface area contributed by atoms with E-state index >= 15 is 0 Å². The zero-order valence-electron chi connectivity index (χ0n) is 19.2. The third-order valence-corrected chi connectivity index (χ3v) is 13.7. The van der Waals surface area contributed by atoms with Crippen LogP contribution in [-0.2, 0) is 21.7 Å². The van der Waals surface area contributed by atoms with Crippen molar-refractivity contribution in [2.24, 2.45) is 11.3 Å². The Hall–Kier alpha value is 0.471. The van der Waals surface area contributed by atoms with E-state index in [0.29, 0.717) is 0 Å². The molecule has 4 heteroatoms. The average Bonchev–Trinajstić information content (AvgIpc) is 3.07. The first kappa shape index (κ1) is 29.5. The molecule has 1 aliphatic heterocycles. The molecule has 1 saturated carbocycles. The molecule has 0 spiro atoms. The minimum atomic E-state index is -0.876. The molecule has 0 radical (unpaired) electrons. The maximum Gasteiger partial charge on any atom is 4.00 e. The molecule has 160 valence electrons. The Morgan fingerprint density at radius 1 is 1.17 bits per heavy atom. The smallest absolute Gasteiger partial charge is 1.00 e. The van der Waals surface area contributed by atoms with Crippen molar-refractivity contribution in [3.8, 4) is 0 Å². The zero-order chi connectivity index (χ0) is 18.9. The van der Waals surface area contributed by atoms with Gasteiger partial charge in [-0.25, -0.2) is 5.57 Å². The van der Waals surface area contributed by atoms with Crippen molar-refractivity contribution in [3.05, 3.63) is 53.0 Å². The second-order valence-electron chi connectivity index (χ2n) is 9.57. The van der Waals surface area contributed by atoms with Gasteiger partial charge < -0.3 is 31.2 Å². The Kier molecular flexibility index (Phi) is 12.1. The molecular formula is C25H38Cl2SiTi. The molecule has 0 aromatic heterocycles. The fraction of sp³-hybridized carbons (Fsp3) is 0.640. The van der Waals surface area contributed by atoms with E-state index in [1.54, 1.807) is 18.1 Å². The number of hydrogen-bond donors (Lipinski definition) is 0. The van der Waals surface area contributed by atoms with Gasteiger partial charge in [-0.05, 0) is 12.3 Å². The van der Waals surface area contributed by atoms with Gasteiger partial charge in [0.1, 0.15) is 0 Å². The second kappa shape index (κ2) is 11.9. The Morgan fingerprint density at radius 3 is 2.24 bits per heavy atom. The third kappa shape index (κ3) is 6.04. The molecule has 0 N–H and O–H groups in total. The van der Waals surface area contributed by atoms with Gasteiger partial charge in [-0.3, -0.25) is 6.08 Å². The first-order chi connectivity index (χ1) is 12.3. The third-order valence-electron chi connectivity index (χ3n) is 7.65. The van der Waals surface area contributed by atoms with Gasteiger partial charge in [-0.1, -0.05) is 94.8 Å². The number of rotatable bonds is 3. The largest absolute Gasteiger partial charge is 4.00 e. The molecule has 4 aliphatic rings. The van der Waals surface area contributed by atoms with E-state index in [1.807, 2.05) is 5.57 Å². The van der Waals surface area contributed by atoms with E-state index in [0.717, 1.165) is 11.5 Å². The van der Waals surface area contributed by atoms with Crippen LogP contribution in [0.5, 0.6) is 0 Å². The number of fused-ring (bicyclic) bond motifs is 1. The van der Waals surface area contributed by atoms with Crippen molar-refractivity contribution in [2.45, 2.75) is 90.9 Å². The molecule has 0 aromatic carbocycles. The summed E-state index contributed by atoms with van der Waals surface area (Å²) in [7, 11) is -0.876. The molecule has 1 saturated heterocycles. The first-order valence-corrected chi connectivity index (χ1v) is 13.5. The molecule has 2 fully saturated rings. The summed E-state index contributed by atoms with van der Waals surface area (Å²) in [5.41, 5.74) is 7.20.